The van der Waals surface area contributed by atoms with E-state index in [2.05, 4.69) is 15.4 Å². The minimum atomic E-state index is -3.80. The van der Waals surface area contributed by atoms with Crippen molar-refractivity contribution in [2.24, 2.45) is 0 Å². The molecular weight excluding hydrogens is 412 g/mol. The van der Waals surface area contributed by atoms with Crippen molar-refractivity contribution >= 4 is 33.2 Å². The summed E-state index contributed by atoms with van der Waals surface area (Å²) in [5, 5.41) is 17.0. The first-order chi connectivity index (χ1) is 14.2. The van der Waals surface area contributed by atoms with Crippen molar-refractivity contribution in [3.8, 4) is 0 Å². The van der Waals surface area contributed by atoms with Gasteiger partial charge in [0.15, 0.2) is 0 Å². The van der Waals surface area contributed by atoms with Gasteiger partial charge >= 0.3 is 6.09 Å². The fraction of sp³-hybridized carbons (Fsp3) is 0.316. The molecule has 0 spiro atoms. The summed E-state index contributed by atoms with van der Waals surface area (Å²) in [6.07, 6.45) is -0.587. The number of ether oxygens (including phenoxy) is 1. The van der Waals surface area contributed by atoms with Crippen LogP contribution in [-0.2, 0) is 21.3 Å². The Labute approximate surface area is 175 Å². The number of methoxy groups -OCH3 is 1. The van der Waals surface area contributed by atoms with Gasteiger partial charge in [-0.3, -0.25) is 15.4 Å². The summed E-state index contributed by atoms with van der Waals surface area (Å²) in [6.45, 7) is 4.22. The molecule has 0 atom stereocenters. The van der Waals surface area contributed by atoms with Crippen LogP contribution in [0.1, 0.15) is 19.4 Å². The first-order valence-electron chi connectivity index (χ1n) is 9.19. The fourth-order valence-corrected chi connectivity index (χ4v) is 4.24. The van der Waals surface area contributed by atoms with E-state index in [0.29, 0.717) is 5.69 Å². The Morgan fingerprint density at radius 3 is 2.30 bits per heavy atom. The summed E-state index contributed by atoms with van der Waals surface area (Å²) in [7, 11) is -2.54. The van der Waals surface area contributed by atoms with Crippen LogP contribution in [0.2, 0.25) is 0 Å². The Hall–Kier alpha value is -3.18. The molecule has 0 aliphatic rings. The second-order valence-corrected chi connectivity index (χ2v) is 8.13. The predicted molar refractivity (Wildman–Crippen MR) is 113 cm³/mol. The molecule has 1 amide bonds. The third-order valence-electron chi connectivity index (χ3n) is 4.38. The molecule has 2 aromatic carbocycles. The number of hydrogen-bond acceptors (Lipinski definition) is 7. The van der Waals surface area contributed by atoms with Crippen LogP contribution in [0.3, 0.4) is 0 Å². The number of benzene rings is 2. The summed E-state index contributed by atoms with van der Waals surface area (Å²) in [6, 6.07) is 10.6. The third-order valence-corrected chi connectivity index (χ3v) is 6.42. The SMILES string of the molecule is CCN(CC)S(=O)(=O)c1ccc(NCc2ccc(NC(=O)OC)cc2)c([N+](=O)[O-])c1. The Balaban J connectivity index is 2.20. The van der Waals surface area contributed by atoms with Crippen LogP contribution in [0.4, 0.5) is 21.9 Å². The van der Waals surface area contributed by atoms with Crippen molar-refractivity contribution in [3.63, 3.8) is 0 Å². The molecule has 0 saturated carbocycles. The quantitative estimate of drug-likeness (QED) is 0.455. The van der Waals surface area contributed by atoms with Crippen LogP contribution >= 0.6 is 0 Å². The highest BCUT2D eigenvalue weighted by molar-refractivity contribution is 7.89. The highest BCUT2D eigenvalue weighted by Crippen LogP contribution is 2.29. The molecule has 0 heterocycles. The van der Waals surface area contributed by atoms with E-state index in [9.17, 15) is 23.3 Å². The Morgan fingerprint density at radius 1 is 1.13 bits per heavy atom. The van der Waals surface area contributed by atoms with Gasteiger partial charge in [0.05, 0.1) is 16.9 Å². The smallest absolute Gasteiger partial charge is 0.411 e. The zero-order valence-electron chi connectivity index (χ0n) is 16.9. The van der Waals surface area contributed by atoms with Crippen LogP contribution < -0.4 is 10.6 Å². The van der Waals surface area contributed by atoms with E-state index in [1.54, 1.807) is 38.1 Å². The lowest BCUT2D eigenvalue weighted by Crippen LogP contribution is -2.30. The maximum absolute atomic E-state index is 12.6. The van der Waals surface area contributed by atoms with Crippen molar-refractivity contribution in [3.05, 3.63) is 58.1 Å². The number of carbonyl (C=O) groups is 1. The van der Waals surface area contributed by atoms with Gasteiger partial charge in [0, 0.05) is 31.4 Å². The first-order valence-corrected chi connectivity index (χ1v) is 10.6. The maximum atomic E-state index is 12.6. The lowest BCUT2D eigenvalue weighted by atomic mass is 10.2. The van der Waals surface area contributed by atoms with Gasteiger partial charge < -0.3 is 10.1 Å². The van der Waals surface area contributed by atoms with Crippen LogP contribution in [0.5, 0.6) is 0 Å². The number of nitro benzene ring substituents is 1. The van der Waals surface area contributed by atoms with Gasteiger partial charge in [-0.2, -0.15) is 4.31 Å². The van der Waals surface area contributed by atoms with Gasteiger partial charge in [0.2, 0.25) is 10.0 Å². The molecule has 0 unspecified atom stereocenters. The molecule has 10 nitrogen and oxygen atoms in total. The predicted octanol–water partition coefficient (Wildman–Crippen LogP) is 3.42. The average Bonchev–Trinajstić information content (AvgIpc) is 2.73. The monoisotopic (exact) mass is 436 g/mol. The van der Waals surface area contributed by atoms with Gasteiger partial charge in [-0.25, -0.2) is 13.2 Å². The number of carbonyl (C=O) groups excluding carboxylic acids is 1. The van der Waals surface area contributed by atoms with E-state index in [4.69, 9.17) is 0 Å². The normalized spacial score (nSPS) is 11.2. The van der Waals surface area contributed by atoms with E-state index in [0.717, 1.165) is 11.6 Å². The van der Waals surface area contributed by atoms with E-state index in [-0.39, 0.29) is 35.9 Å². The molecule has 2 aromatic rings. The summed E-state index contributed by atoms with van der Waals surface area (Å²) < 4.78 is 31.0. The van der Waals surface area contributed by atoms with Crippen molar-refractivity contribution < 1.29 is 22.9 Å². The maximum Gasteiger partial charge on any atom is 0.411 e. The van der Waals surface area contributed by atoms with Crippen LogP contribution in [0, 0.1) is 10.1 Å². The number of sulfonamides is 1. The molecule has 162 valence electrons. The number of nitrogens with one attached hydrogen (secondary N) is 2. The van der Waals surface area contributed by atoms with E-state index in [1.807, 2.05) is 0 Å². The zero-order chi connectivity index (χ0) is 22.3. The largest absolute Gasteiger partial charge is 0.453 e. The molecule has 0 saturated heterocycles. The average molecular weight is 436 g/mol. The summed E-state index contributed by atoms with van der Waals surface area (Å²) in [4.78, 5) is 22.0. The molecule has 2 rings (SSSR count). The third kappa shape index (κ3) is 5.45. The second-order valence-electron chi connectivity index (χ2n) is 6.19. The second kappa shape index (κ2) is 10.0. The molecule has 0 bridgehead atoms. The highest BCUT2D eigenvalue weighted by Gasteiger charge is 2.25. The van der Waals surface area contributed by atoms with Crippen LogP contribution in [0.25, 0.3) is 0 Å². The van der Waals surface area contributed by atoms with Gasteiger partial charge in [0.25, 0.3) is 5.69 Å². The Kier molecular flexibility index (Phi) is 7.72. The van der Waals surface area contributed by atoms with Crippen molar-refractivity contribution in [2.75, 3.05) is 30.8 Å². The number of anilines is 2. The van der Waals surface area contributed by atoms with Crippen molar-refractivity contribution in [1.82, 2.24) is 4.31 Å². The topological polar surface area (TPSA) is 131 Å². The Bertz CT molecular complexity index is 1000. The van der Waals surface area contributed by atoms with Crippen molar-refractivity contribution in [2.45, 2.75) is 25.3 Å². The number of nitro groups is 1. The highest BCUT2D eigenvalue weighted by atomic mass is 32.2. The van der Waals surface area contributed by atoms with Gasteiger partial charge in [-0.1, -0.05) is 26.0 Å². The minimum absolute atomic E-state index is 0.123. The Morgan fingerprint density at radius 2 is 1.77 bits per heavy atom. The molecule has 11 heteroatoms. The molecule has 30 heavy (non-hydrogen) atoms. The summed E-state index contributed by atoms with van der Waals surface area (Å²) in [5.74, 6) is 0. The van der Waals surface area contributed by atoms with Crippen LogP contribution in [-0.4, -0.2) is 43.9 Å². The van der Waals surface area contributed by atoms with Gasteiger partial charge in [-0.15, -0.1) is 0 Å². The first kappa shape index (κ1) is 23.1. The molecule has 0 aliphatic carbocycles. The molecule has 2 N–H and O–H groups in total. The minimum Gasteiger partial charge on any atom is -0.453 e. The van der Waals surface area contributed by atoms with E-state index >= 15 is 0 Å². The standard InChI is InChI=1S/C19H24N4O6S/c1-4-22(5-2)30(27,28)16-10-11-17(18(12-16)23(25)26)20-13-14-6-8-15(9-7-14)21-19(24)29-3/h6-12,20H,4-5,13H2,1-3H3,(H,21,24). The number of amides is 1. The molecule has 0 fully saturated rings. The molecular formula is C19H24N4O6S. The zero-order valence-corrected chi connectivity index (χ0v) is 17.7. The van der Waals surface area contributed by atoms with Gasteiger partial charge in [-0.05, 0) is 29.8 Å². The molecule has 0 radical (unpaired) electrons. The van der Waals surface area contributed by atoms with Crippen LogP contribution in [0.15, 0.2) is 47.4 Å². The number of hydrogen-bond donors (Lipinski definition) is 2. The summed E-state index contributed by atoms with van der Waals surface area (Å²) in [5.41, 5.74) is 1.23. The fourth-order valence-electron chi connectivity index (χ4n) is 2.76. The van der Waals surface area contributed by atoms with Crippen molar-refractivity contribution in [1.29, 1.82) is 0 Å². The molecule has 0 aromatic heterocycles. The molecule has 0 aliphatic heterocycles. The number of nitrogens with zero attached hydrogens (tertiary/aromatic N) is 2. The van der Waals surface area contributed by atoms with E-state index in [1.165, 1.54) is 23.5 Å². The van der Waals surface area contributed by atoms with Gasteiger partial charge in [0.1, 0.15) is 5.69 Å². The number of rotatable bonds is 9. The summed E-state index contributed by atoms with van der Waals surface area (Å²) >= 11 is 0. The lowest BCUT2D eigenvalue weighted by molar-refractivity contribution is -0.384. The van der Waals surface area contributed by atoms with E-state index < -0.39 is 21.0 Å². The lowest BCUT2D eigenvalue weighted by Gasteiger charge is -2.18.